The lowest BCUT2D eigenvalue weighted by Crippen LogP contribution is -2.07. The minimum atomic E-state index is 0.447. The van der Waals surface area contributed by atoms with Crippen molar-refractivity contribution < 1.29 is 9.47 Å². The third kappa shape index (κ3) is 0.478. The molecule has 2 atom stereocenters. The Labute approximate surface area is 59.8 Å². The Morgan fingerprint density at radius 1 is 1.00 bits per heavy atom. The first-order chi connectivity index (χ1) is 4.95. The van der Waals surface area contributed by atoms with Crippen LogP contribution in [0.3, 0.4) is 0 Å². The molecule has 2 nitrogen and oxygen atoms in total. The zero-order valence-corrected chi connectivity index (χ0v) is 5.80. The second-order valence-electron chi connectivity index (χ2n) is 3.23. The van der Waals surface area contributed by atoms with Gasteiger partial charge in [-0.25, -0.2) is 0 Å². The van der Waals surface area contributed by atoms with Crippen LogP contribution in [0.5, 0.6) is 0 Å². The maximum Gasteiger partial charge on any atom is 0.0820 e. The SMILES string of the molecule is C1OCC2=C1C1CCC2O1. The van der Waals surface area contributed by atoms with E-state index in [1.807, 2.05) is 0 Å². The van der Waals surface area contributed by atoms with Gasteiger partial charge in [-0.05, 0) is 24.0 Å². The first-order valence-corrected chi connectivity index (χ1v) is 3.90. The van der Waals surface area contributed by atoms with Crippen molar-refractivity contribution in [3.05, 3.63) is 11.1 Å². The molecule has 0 aromatic carbocycles. The highest BCUT2D eigenvalue weighted by atomic mass is 16.5. The Balaban J connectivity index is 2.06. The zero-order valence-electron chi connectivity index (χ0n) is 5.80. The smallest absolute Gasteiger partial charge is 0.0820 e. The molecule has 10 heavy (non-hydrogen) atoms. The number of ether oxygens (including phenoxy) is 2. The molecule has 2 unspecified atom stereocenters. The van der Waals surface area contributed by atoms with Gasteiger partial charge in [0.1, 0.15) is 0 Å². The monoisotopic (exact) mass is 138 g/mol. The van der Waals surface area contributed by atoms with E-state index in [9.17, 15) is 0 Å². The van der Waals surface area contributed by atoms with Gasteiger partial charge in [-0.2, -0.15) is 0 Å². The molecule has 3 aliphatic heterocycles. The first kappa shape index (κ1) is 5.33. The minimum Gasteiger partial charge on any atom is -0.373 e. The summed E-state index contributed by atoms with van der Waals surface area (Å²) in [6, 6.07) is 0. The summed E-state index contributed by atoms with van der Waals surface area (Å²) in [5.74, 6) is 0. The number of rotatable bonds is 0. The van der Waals surface area contributed by atoms with Crippen molar-refractivity contribution in [1.82, 2.24) is 0 Å². The van der Waals surface area contributed by atoms with Gasteiger partial charge in [0.25, 0.3) is 0 Å². The Morgan fingerprint density at radius 3 is 2.20 bits per heavy atom. The van der Waals surface area contributed by atoms with Gasteiger partial charge >= 0.3 is 0 Å². The van der Waals surface area contributed by atoms with E-state index in [4.69, 9.17) is 9.47 Å². The molecule has 0 aromatic rings. The molecule has 54 valence electrons. The first-order valence-electron chi connectivity index (χ1n) is 3.90. The summed E-state index contributed by atoms with van der Waals surface area (Å²) in [6.45, 7) is 1.69. The fourth-order valence-corrected chi connectivity index (χ4v) is 2.21. The molecule has 3 heterocycles. The van der Waals surface area contributed by atoms with E-state index < -0.39 is 0 Å². The van der Waals surface area contributed by atoms with Crippen LogP contribution in [0.2, 0.25) is 0 Å². The second kappa shape index (κ2) is 1.63. The molecule has 2 heteroatoms. The summed E-state index contributed by atoms with van der Waals surface area (Å²) in [6.07, 6.45) is 3.35. The van der Waals surface area contributed by atoms with Crippen LogP contribution < -0.4 is 0 Å². The van der Waals surface area contributed by atoms with E-state index >= 15 is 0 Å². The van der Waals surface area contributed by atoms with Gasteiger partial charge in [-0.15, -0.1) is 0 Å². The predicted octanol–water partition coefficient (Wildman–Crippen LogP) is 0.874. The molecule has 0 amide bonds. The molecule has 1 saturated heterocycles. The van der Waals surface area contributed by atoms with Gasteiger partial charge in [-0.3, -0.25) is 0 Å². The summed E-state index contributed by atoms with van der Waals surface area (Å²) in [7, 11) is 0. The van der Waals surface area contributed by atoms with Crippen LogP contribution >= 0.6 is 0 Å². The molecule has 3 aliphatic rings. The summed E-state index contributed by atoms with van der Waals surface area (Å²) in [5, 5.41) is 0. The van der Waals surface area contributed by atoms with E-state index in [2.05, 4.69) is 0 Å². The van der Waals surface area contributed by atoms with Gasteiger partial charge in [0.05, 0.1) is 25.4 Å². The normalized spacial score (nSPS) is 43.2. The average Bonchev–Trinajstić information content (AvgIpc) is 2.60. The highest BCUT2D eigenvalue weighted by Gasteiger charge is 2.42. The Bertz CT molecular complexity index is 187. The third-order valence-electron chi connectivity index (χ3n) is 2.72. The van der Waals surface area contributed by atoms with Crippen molar-refractivity contribution in [1.29, 1.82) is 0 Å². The Kier molecular flexibility index (Phi) is 0.868. The van der Waals surface area contributed by atoms with Crippen molar-refractivity contribution in [2.75, 3.05) is 13.2 Å². The van der Waals surface area contributed by atoms with Gasteiger partial charge in [-0.1, -0.05) is 0 Å². The number of fused-ring (bicyclic) bond motifs is 4. The van der Waals surface area contributed by atoms with Crippen LogP contribution in [0.4, 0.5) is 0 Å². The van der Waals surface area contributed by atoms with Crippen LogP contribution in [0, 0.1) is 0 Å². The molecule has 0 radical (unpaired) electrons. The molecule has 2 bridgehead atoms. The topological polar surface area (TPSA) is 18.5 Å². The van der Waals surface area contributed by atoms with Crippen molar-refractivity contribution in [3.8, 4) is 0 Å². The fraction of sp³-hybridized carbons (Fsp3) is 0.750. The molecule has 1 fully saturated rings. The molecular weight excluding hydrogens is 128 g/mol. The highest BCUT2D eigenvalue weighted by Crippen LogP contribution is 2.41. The van der Waals surface area contributed by atoms with E-state index in [1.165, 1.54) is 24.0 Å². The maximum absolute atomic E-state index is 5.69. The second-order valence-corrected chi connectivity index (χ2v) is 3.23. The lowest BCUT2D eigenvalue weighted by atomic mass is 9.94. The van der Waals surface area contributed by atoms with E-state index in [0.717, 1.165) is 13.2 Å². The summed E-state index contributed by atoms with van der Waals surface area (Å²) in [4.78, 5) is 0. The number of hydrogen-bond donors (Lipinski definition) is 0. The average molecular weight is 138 g/mol. The van der Waals surface area contributed by atoms with Gasteiger partial charge < -0.3 is 9.47 Å². The molecule has 0 aromatic heterocycles. The third-order valence-corrected chi connectivity index (χ3v) is 2.72. The molecule has 0 saturated carbocycles. The molecule has 0 aliphatic carbocycles. The molecule has 0 spiro atoms. The highest BCUT2D eigenvalue weighted by molar-refractivity contribution is 5.33. The van der Waals surface area contributed by atoms with Crippen molar-refractivity contribution in [2.45, 2.75) is 25.0 Å². The summed E-state index contributed by atoms with van der Waals surface area (Å²) in [5.41, 5.74) is 2.94. The summed E-state index contributed by atoms with van der Waals surface area (Å²) < 4.78 is 11.0. The van der Waals surface area contributed by atoms with Crippen molar-refractivity contribution in [2.24, 2.45) is 0 Å². The van der Waals surface area contributed by atoms with Crippen molar-refractivity contribution >= 4 is 0 Å². The largest absolute Gasteiger partial charge is 0.373 e. The Morgan fingerprint density at radius 2 is 1.60 bits per heavy atom. The number of hydrogen-bond acceptors (Lipinski definition) is 2. The van der Waals surface area contributed by atoms with Gasteiger partial charge in [0.15, 0.2) is 0 Å². The van der Waals surface area contributed by atoms with Crippen LogP contribution in [-0.4, -0.2) is 25.4 Å². The summed E-state index contributed by atoms with van der Waals surface area (Å²) >= 11 is 0. The lowest BCUT2D eigenvalue weighted by Gasteiger charge is -2.05. The minimum absolute atomic E-state index is 0.447. The van der Waals surface area contributed by atoms with Gasteiger partial charge in [0, 0.05) is 0 Å². The zero-order chi connectivity index (χ0) is 6.55. The maximum atomic E-state index is 5.69. The quantitative estimate of drug-likeness (QED) is 0.462. The predicted molar refractivity (Wildman–Crippen MR) is 35.7 cm³/mol. The van der Waals surface area contributed by atoms with E-state index in [0.29, 0.717) is 12.2 Å². The molecular formula is C8H10O2. The molecule has 0 N–H and O–H groups in total. The van der Waals surface area contributed by atoms with Crippen LogP contribution in [0.1, 0.15) is 12.8 Å². The van der Waals surface area contributed by atoms with Gasteiger partial charge in [0.2, 0.25) is 0 Å². The van der Waals surface area contributed by atoms with Crippen LogP contribution in [-0.2, 0) is 9.47 Å². The van der Waals surface area contributed by atoms with E-state index in [1.54, 1.807) is 0 Å². The standard InChI is InChI=1S/C8H10O2/c1-2-8-6-4-9-3-5(6)7(1)10-8/h7-8H,1-4H2. The van der Waals surface area contributed by atoms with Crippen molar-refractivity contribution in [3.63, 3.8) is 0 Å². The van der Waals surface area contributed by atoms with Crippen LogP contribution in [0.25, 0.3) is 0 Å². The molecule has 3 rings (SSSR count). The van der Waals surface area contributed by atoms with Crippen LogP contribution in [0.15, 0.2) is 11.1 Å². The van der Waals surface area contributed by atoms with E-state index in [-0.39, 0.29) is 0 Å². The Hall–Kier alpha value is -0.340. The lowest BCUT2D eigenvalue weighted by molar-refractivity contribution is 0.0796. The fourth-order valence-electron chi connectivity index (χ4n) is 2.21.